The van der Waals surface area contributed by atoms with Crippen molar-refractivity contribution < 1.29 is 52.2 Å². The SMILES string of the molecule is CC/C=C\C/C=C\C/C=C\C/C=C\C/C=C\CCCC(=O)OC(CO)COP(=O)(O)OCC(COC(=O)CCCCCCCC/C=C\C/C=C\C/C=C\C/C=C\CC)OC(=O)CCCCCCCC/C=C\C/C=C\C/C=C\C/C=C\CC. The predicted molar refractivity (Wildman–Crippen MR) is 343 cm³/mol. The third-order valence-electron chi connectivity index (χ3n) is 12.4. The summed E-state index contributed by atoms with van der Waals surface area (Å²) in [6.45, 7) is 4.20. The molecule has 462 valence electrons. The molecule has 0 fully saturated rings. The number of aliphatic hydroxyl groups is 1. The van der Waals surface area contributed by atoms with E-state index in [-0.39, 0.29) is 25.9 Å². The maximum absolute atomic E-state index is 13.0. The van der Waals surface area contributed by atoms with Crippen LogP contribution in [-0.2, 0) is 42.2 Å². The number of unbranched alkanes of at least 4 members (excludes halogenated alkanes) is 13. The summed E-state index contributed by atoms with van der Waals surface area (Å²) in [5.74, 6) is -1.58. The van der Waals surface area contributed by atoms with Crippen LogP contribution in [0.5, 0.6) is 0 Å². The minimum Gasteiger partial charge on any atom is -0.462 e. The number of ether oxygens (including phenoxy) is 3. The van der Waals surface area contributed by atoms with E-state index in [9.17, 15) is 28.9 Å². The van der Waals surface area contributed by atoms with Crippen LogP contribution in [0.15, 0.2) is 158 Å². The van der Waals surface area contributed by atoms with Gasteiger partial charge in [-0.1, -0.05) is 230 Å². The van der Waals surface area contributed by atoms with Crippen LogP contribution < -0.4 is 0 Å². The molecule has 0 aromatic heterocycles. The van der Waals surface area contributed by atoms with Crippen molar-refractivity contribution in [1.82, 2.24) is 0 Å². The number of esters is 3. The molecule has 0 aliphatic rings. The van der Waals surface area contributed by atoms with Crippen molar-refractivity contribution in [2.75, 3.05) is 26.4 Å². The van der Waals surface area contributed by atoms with Gasteiger partial charge in [-0.3, -0.25) is 23.4 Å². The van der Waals surface area contributed by atoms with Crippen molar-refractivity contribution >= 4 is 25.7 Å². The van der Waals surface area contributed by atoms with E-state index in [0.717, 1.165) is 161 Å². The van der Waals surface area contributed by atoms with Gasteiger partial charge in [0, 0.05) is 19.3 Å². The maximum atomic E-state index is 13.0. The third-order valence-corrected chi connectivity index (χ3v) is 13.4. The molecule has 0 saturated heterocycles. The number of carbonyl (C=O) groups excluding carboxylic acids is 3. The molecule has 0 aliphatic carbocycles. The summed E-state index contributed by atoms with van der Waals surface area (Å²) in [7, 11) is -4.79. The van der Waals surface area contributed by atoms with Gasteiger partial charge < -0.3 is 24.2 Å². The topological polar surface area (TPSA) is 155 Å². The fourth-order valence-corrected chi connectivity index (χ4v) is 8.57. The molecule has 0 radical (unpaired) electrons. The summed E-state index contributed by atoms with van der Waals surface area (Å²) in [5.41, 5.74) is 0. The second-order valence-corrected chi connectivity index (χ2v) is 21.5. The lowest BCUT2D eigenvalue weighted by Crippen LogP contribution is -2.30. The van der Waals surface area contributed by atoms with Crippen LogP contribution in [0.2, 0.25) is 0 Å². The highest BCUT2D eigenvalue weighted by atomic mass is 31.2. The lowest BCUT2D eigenvalue weighted by atomic mass is 10.1. The van der Waals surface area contributed by atoms with Crippen molar-refractivity contribution in [3.63, 3.8) is 0 Å². The van der Waals surface area contributed by atoms with Crippen molar-refractivity contribution in [2.24, 2.45) is 0 Å². The van der Waals surface area contributed by atoms with Crippen LogP contribution in [-0.4, -0.2) is 66.5 Å². The maximum Gasteiger partial charge on any atom is 0.472 e. The number of rotatable bonds is 56. The molecule has 3 atom stereocenters. The number of aliphatic hydroxyl groups excluding tert-OH is 1. The van der Waals surface area contributed by atoms with E-state index in [4.69, 9.17) is 23.3 Å². The summed E-state index contributed by atoms with van der Waals surface area (Å²) >= 11 is 0. The van der Waals surface area contributed by atoms with E-state index in [1.54, 1.807) is 0 Å². The number of hydrogen-bond acceptors (Lipinski definition) is 10. The van der Waals surface area contributed by atoms with E-state index >= 15 is 0 Å². The normalized spacial score (nSPS) is 14.4. The van der Waals surface area contributed by atoms with E-state index in [2.05, 4.69) is 167 Å². The summed E-state index contributed by atoms with van der Waals surface area (Å²) < 4.78 is 39.6. The zero-order valence-electron chi connectivity index (χ0n) is 51.1. The molecule has 0 spiro atoms. The largest absolute Gasteiger partial charge is 0.472 e. The van der Waals surface area contributed by atoms with Gasteiger partial charge in [0.25, 0.3) is 0 Å². The number of phosphoric acid groups is 1. The summed E-state index contributed by atoms with van der Waals surface area (Å²) in [6.07, 6.45) is 82.0. The Bertz CT molecular complexity index is 1980. The molecule has 0 heterocycles. The molecule has 11 nitrogen and oxygen atoms in total. The first-order valence-corrected chi connectivity index (χ1v) is 32.9. The van der Waals surface area contributed by atoms with Crippen molar-refractivity contribution in [1.29, 1.82) is 0 Å². The minimum atomic E-state index is -4.79. The van der Waals surface area contributed by atoms with E-state index in [1.165, 1.54) is 0 Å². The number of carbonyl (C=O) groups is 3. The minimum absolute atomic E-state index is 0.0882. The van der Waals surface area contributed by atoms with E-state index < -0.39 is 57.8 Å². The fraction of sp³-hybridized carbons (Fsp3) is 0.586. The Morgan fingerprint density at radius 3 is 0.963 bits per heavy atom. The van der Waals surface area contributed by atoms with Crippen LogP contribution in [0.1, 0.15) is 226 Å². The monoisotopic (exact) mass is 1160 g/mol. The molecular formula is C70H111O11P. The Kier molecular flexibility index (Phi) is 58.4. The molecule has 0 aromatic carbocycles. The van der Waals surface area contributed by atoms with Gasteiger partial charge in [0.05, 0.1) is 19.8 Å². The molecule has 82 heavy (non-hydrogen) atoms. The fourth-order valence-electron chi connectivity index (χ4n) is 7.79. The molecule has 0 bridgehead atoms. The second kappa shape index (κ2) is 62.2. The zero-order chi connectivity index (χ0) is 59.8. The molecule has 0 amide bonds. The zero-order valence-corrected chi connectivity index (χ0v) is 52.0. The lowest BCUT2D eigenvalue weighted by Gasteiger charge is -2.21. The van der Waals surface area contributed by atoms with E-state index in [1.807, 2.05) is 12.2 Å². The first-order chi connectivity index (χ1) is 40.2. The van der Waals surface area contributed by atoms with Gasteiger partial charge in [-0.15, -0.1) is 0 Å². The summed E-state index contributed by atoms with van der Waals surface area (Å²) in [6, 6.07) is 0. The average Bonchev–Trinajstić information content (AvgIpc) is 3.49. The first kappa shape index (κ1) is 77.1. The number of phosphoric ester groups is 1. The van der Waals surface area contributed by atoms with Gasteiger partial charge in [0.2, 0.25) is 0 Å². The van der Waals surface area contributed by atoms with Crippen molar-refractivity contribution in [2.45, 2.75) is 238 Å². The summed E-state index contributed by atoms with van der Waals surface area (Å²) in [4.78, 5) is 48.7. The first-order valence-electron chi connectivity index (χ1n) is 31.4. The molecule has 0 aromatic rings. The standard InChI is InChI=1S/C70H111O11P/c1-4-7-10-13-16-19-22-25-28-31-33-36-38-41-44-47-50-53-56-59-68(72)77-63-67(81-70(74)61-58-55-52-49-46-43-40-37-34-32-29-26-23-20-17-14-11-8-5-2)65-79-82(75,76)78-64-66(62-71)80-69(73)60-57-54-51-48-45-42-39-35-30-27-24-21-18-15-12-9-6-3/h7-12,16-21,25-30,33-34,36-37,39,42,48,51,66-67,71H,4-6,13-15,22-24,31-32,35,38,40-41,43-47,49-50,52-65H2,1-3H3,(H,75,76)/b10-7-,11-8-,12-9-,19-16-,20-17-,21-18-,28-25-,29-26-,30-27-,36-33-,37-34-,42-39-,51-48-. The number of allylic oxidation sites excluding steroid dienone is 26. The van der Waals surface area contributed by atoms with E-state index in [0.29, 0.717) is 25.7 Å². The highest BCUT2D eigenvalue weighted by molar-refractivity contribution is 7.47. The van der Waals surface area contributed by atoms with Crippen LogP contribution in [0.3, 0.4) is 0 Å². The lowest BCUT2D eigenvalue weighted by molar-refractivity contribution is -0.161. The molecule has 0 rings (SSSR count). The van der Waals surface area contributed by atoms with Crippen molar-refractivity contribution in [3.8, 4) is 0 Å². The molecule has 12 heteroatoms. The highest BCUT2D eigenvalue weighted by Crippen LogP contribution is 2.43. The molecular weight excluding hydrogens is 1050 g/mol. The van der Waals surface area contributed by atoms with Gasteiger partial charge in [-0.2, -0.15) is 0 Å². The predicted octanol–water partition coefficient (Wildman–Crippen LogP) is 19.3. The molecule has 0 aliphatic heterocycles. The smallest absolute Gasteiger partial charge is 0.462 e. The van der Waals surface area contributed by atoms with Crippen LogP contribution in [0, 0.1) is 0 Å². The van der Waals surface area contributed by atoms with Gasteiger partial charge in [0.1, 0.15) is 12.7 Å². The van der Waals surface area contributed by atoms with Gasteiger partial charge in [0.15, 0.2) is 6.10 Å². The molecule has 2 N–H and O–H groups in total. The average molecular weight is 1160 g/mol. The Hall–Kier alpha value is -4.90. The van der Waals surface area contributed by atoms with Gasteiger partial charge >= 0.3 is 25.7 Å². The van der Waals surface area contributed by atoms with Crippen LogP contribution in [0.4, 0.5) is 0 Å². The highest BCUT2D eigenvalue weighted by Gasteiger charge is 2.28. The third kappa shape index (κ3) is 59.7. The van der Waals surface area contributed by atoms with Gasteiger partial charge in [-0.25, -0.2) is 4.57 Å². The Balaban J connectivity index is 4.85. The molecule has 0 saturated carbocycles. The Morgan fingerprint density at radius 1 is 0.341 bits per heavy atom. The second-order valence-electron chi connectivity index (χ2n) is 20.1. The quantitative estimate of drug-likeness (QED) is 0.0197. The summed E-state index contributed by atoms with van der Waals surface area (Å²) in [5, 5.41) is 9.84. The Morgan fingerprint density at radius 2 is 0.610 bits per heavy atom. The Labute approximate surface area is 498 Å². The van der Waals surface area contributed by atoms with Gasteiger partial charge in [-0.05, 0) is 135 Å². The molecule has 3 unspecified atom stereocenters. The van der Waals surface area contributed by atoms with Crippen LogP contribution >= 0.6 is 7.82 Å². The van der Waals surface area contributed by atoms with Crippen molar-refractivity contribution in [3.05, 3.63) is 158 Å². The number of hydrogen-bond donors (Lipinski definition) is 2. The van der Waals surface area contributed by atoms with Crippen LogP contribution in [0.25, 0.3) is 0 Å².